The van der Waals surface area contributed by atoms with Crippen molar-refractivity contribution in [3.8, 4) is 5.75 Å². The number of methoxy groups -OCH3 is 1. The third kappa shape index (κ3) is 4.05. The van der Waals surface area contributed by atoms with Gasteiger partial charge < -0.3 is 10.1 Å². The van der Waals surface area contributed by atoms with Gasteiger partial charge in [-0.15, -0.1) is 0 Å². The fourth-order valence-corrected chi connectivity index (χ4v) is 3.74. The zero-order valence-corrected chi connectivity index (χ0v) is 17.5. The first-order chi connectivity index (χ1) is 15.9. The number of alkyl halides is 3. The third-order valence-electron chi connectivity index (χ3n) is 5.30. The Hall–Kier alpha value is -4.14. The first kappa shape index (κ1) is 20.7. The van der Waals surface area contributed by atoms with E-state index in [0.717, 1.165) is 23.0 Å². The summed E-state index contributed by atoms with van der Waals surface area (Å²) in [4.78, 5) is 7.96. The Morgan fingerprint density at radius 2 is 1.79 bits per heavy atom. The molecule has 0 spiro atoms. The Kier molecular flexibility index (Phi) is 5.08. The van der Waals surface area contributed by atoms with E-state index in [9.17, 15) is 13.2 Å². The molecule has 0 amide bonds. The maximum absolute atomic E-state index is 13.3. The topological polar surface area (TPSA) is 64.9 Å². The molecule has 6 nitrogen and oxygen atoms in total. The van der Waals surface area contributed by atoms with Crippen LogP contribution in [0.3, 0.4) is 0 Å². The van der Waals surface area contributed by atoms with Crippen molar-refractivity contribution >= 4 is 33.3 Å². The molecule has 3 aromatic heterocycles. The summed E-state index contributed by atoms with van der Waals surface area (Å²) in [7, 11) is 1.62. The summed E-state index contributed by atoms with van der Waals surface area (Å²) in [5, 5.41) is 8.36. The molecule has 0 aliphatic heterocycles. The molecule has 0 bridgehead atoms. The SMILES string of the molecule is COc1ccc(Cn2nc(Nc3ccc4c(C(F)(F)F)nccc4c3)c3ncccc32)cc1. The Bertz CT molecular complexity index is 1440. The van der Waals surface area contributed by atoms with Gasteiger partial charge in [0.1, 0.15) is 11.3 Å². The summed E-state index contributed by atoms with van der Waals surface area (Å²) in [5.74, 6) is 1.29. The number of rotatable bonds is 5. The minimum Gasteiger partial charge on any atom is -0.497 e. The molecule has 0 fully saturated rings. The summed E-state index contributed by atoms with van der Waals surface area (Å²) in [6, 6.07) is 17.6. The van der Waals surface area contributed by atoms with Gasteiger partial charge >= 0.3 is 6.18 Å². The second-order valence-corrected chi connectivity index (χ2v) is 7.44. The van der Waals surface area contributed by atoms with Crippen LogP contribution in [0.25, 0.3) is 21.8 Å². The van der Waals surface area contributed by atoms with Crippen molar-refractivity contribution in [1.29, 1.82) is 0 Å². The van der Waals surface area contributed by atoms with Gasteiger partial charge in [0, 0.05) is 23.5 Å². The van der Waals surface area contributed by atoms with E-state index in [-0.39, 0.29) is 5.39 Å². The van der Waals surface area contributed by atoms with Crippen LogP contribution >= 0.6 is 0 Å². The van der Waals surface area contributed by atoms with Crippen LogP contribution in [0.15, 0.2) is 73.1 Å². The fourth-order valence-electron chi connectivity index (χ4n) is 3.74. The van der Waals surface area contributed by atoms with Crippen LogP contribution in [0.4, 0.5) is 24.7 Å². The van der Waals surface area contributed by atoms with Crippen molar-refractivity contribution in [3.63, 3.8) is 0 Å². The first-order valence-corrected chi connectivity index (χ1v) is 10.1. The number of nitrogens with one attached hydrogen (secondary N) is 1. The second kappa shape index (κ2) is 8.09. The number of anilines is 2. The van der Waals surface area contributed by atoms with Crippen LogP contribution in [0.2, 0.25) is 0 Å². The van der Waals surface area contributed by atoms with Crippen molar-refractivity contribution in [3.05, 3.63) is 84.3 Å². The van der Waals surface area contributed by atoms with Crippen LogP contribution in [0.1, 0.15) is 11.3 Å². The van der Waals surface area contributed by atoms with Crippen molar-refractivity contribution in [2.75, 3.05) is 12.4 Å². The lowest BCUT2D eigenvalue weighted by atomic mass is 10.1. The molecule has 0 aliphatic carbocycles. The lowest BCUT2D eigenvalue weighted by molar-refractivity contribution is -0.139. The molecule has 1 N–H and O–H groups in total. The predicted molar refractivity (Wildman–Crippen MR) is 120 cm³/mol. The van der Waals surface area contributed by atoms with Crippen molar-refractivity contribution < 1.29 is 17.9 Å². The highest BCUT2D eigenvalue weighted by Gasteiger charge is 2.34. The van der Waals surface area contributed by atoms with E-state index in [1.165, 1.54) is 6.07 Å². The van der Waals surface area contributed by atoms with Crippen molar-refractivity contribution in [2.45, 2.75) is 12.7 Å². The van der Waals surface area contributed by atoms with Gasteiger partial charge in [0.15, 0.2) is 11.5 Å². The van der Waals surface area contributed by atoms with E-state index < -0.39 is 11.9 Å². The molecule has 3 heterocycles. The number of aromatic nitrogens is 4. The molecule has 5 aromatic rings. The minimum atomic E-state index is -4.52. The monoisotopic (exact) mass is 449 g/mol. The molecule has 33 heavy (non-hydrogen) atoms. The Labute approximate surface area is 186 Å². The summed E-state index contributed by atoms with van der Waals surface area (Å²) < 4.78 is 46.8. The molecular weight excluding hydrogens is 431 g/mol. The largest absolute Gasteiger partial charge is 0.497 e. The number of pyridine rings is 2. The van der Waals surface area contributed by atoms with E-state index in [1.54, 1.807) is 31.5 Å². The molecular formula is C24H18F3N5O. The van der Waals surface area contributed by atoms with E-state index in [0.29, 0.717) is 29.0 Å². The normalized spacial score (nSPS) is 11.8. The van der Waals surface area contributed by atoms with Gasteiger partial charge in [0.25, 0.3) is 0 Å². The van der Waals surface area contributed by atoms with Gasteiger partial charge in [-0.2, -0.15) is 18.3 Å². The lowest BCUT2D eigenvalue weighted by Crippen LogP contribution is -2.08. The van der Waals surface area contributed by atoms with Gasteiger partial charge in [0.05, 0.1) is 19.2 Å². The highest BCUT2D eigenvalue weighted by molar-refractivity contribution is 5.91. The number of hydrogen-bond donors (Lipinski definition) is 1. The Morgan fingerprint density at radius 3 is 2.55 bits per heavy atom. The Morgan fingerprint density at radius 1 is 0.970 bits per heavy atom. The molecule has 0 saturated carbocycles. The van der Waals surface area contributed by atoms with E-state index in [4.69, 9.17) is 4.74 Å². The molecule has 0 unspecified atom stereocenters. The minimum absolute atomic E-state index is 0.0450. The number of ether oxygens (including phenoxy) is 1. The fraction of sp³-hybridized carbons (Fsp3) is 0.125. The number of halogens is 3. The number of nitrogens with zero attached hydrogens (tertiary/aromatic N) is 4. The second-order valence-electron chi connectivity index (χ2n) is 7.44. The van der Waals surface area contributed by atoms with E-state index in [2.05, 4.69) is 20.4 Å². The average molecular weight is 449 g/mol. The van der Waals surface area contributed by atoms with Crippen LogP contribution in [0.5, 0.6) is 5.75 Å². The highest BCUT2D eigenvalue weighted by atomic mass is 19.4. The van der Waals surface area contributed by atoms with Gasteiger partial charge in [-0.25, -0.2) is 0 Å². The van der Waals surface area contributed by atoms with Gasteiger partial charge in [-0.3, -0.25) is 14.6 Å². The number of fused-ring (bicyclic) bond motifs is 2. The van der Waals surface area contributed by atoms with Gasteiger partial charge in [-0.05, 0) is 53.4 Å². The summed E-state index contributed by atoms with van der Waals surface area (Å²) in [6.07, 6.45) is -1.68. The highest BCUT2D eigenvalue weighted by Crippen LogP contribution is 2.34. The maximum Gasteiger partial charge on any atom is 0.433 e. The summed E-state index contributed by atoms with van der Waals surface area (Å²) in [6.45, 7) is 0.520. The zero-order chi connectivity index (χ0) is 23.0. The molecule has 2 aromatic carbocycles. The van der Waals surface area contributed by atoms with Gasteiger partial charge in [-0.1, -0.05) is 18.2 Å². The first-order valence-electron chi connectivity index (χ1n) is 10.1. The van der Waals surface area contributed by atoms with Crippen LogP contribution in [-0.4, -0.2) is 26.9 Å². The van der Waals surface area contributed by atoms with Crippen LogP contribution < -0.4 is 10.1 Å². The van der Waals surface area contributed by atoms with E-state index >= 15 is 0 Å². The zero-order valence-electron chi connectivity index (χ0n) is 17.5. The molecule has 0 saturated heterocycles. The number of benzene rings is 2. The average Bonchev–Trinajstić information content (AvgIpc) is 3.15. The quantitative estimate of drug-likeness (QED) is 0.367. The molecule has 0 atom stereocenters. The number of hydrogen-bond acceptors (Lipinski definition) is 5. The van der Waals surface area contributed by atoms with Crippen LogP contribution in [0, 0.1) is 0 Å². The molecule has 0 radical (unpaired) electrons. The van der Waals surface area contributed by atoms with Crippen LogP contribution in [-0.2, 0) is 12.7 Å². The Balaban J connectivity index is 1.49. The smallest absolute Gasteiger partial charge is 0.433 e. The van der Waals surface area contributed by atoms with E-state index in [1.807, 2.05) is 41.1 Å². The summed E-state index contributed by atoms with van der Waals surface area (Å²) >= 11 is 0. The van der Waals surface area contributed by atoms with Gasteiger partial charge in [0.2, 0.25) is 0 Å². The van der Waals surface area contributed by atoms with Crippen molar-refractivity contribution in [2.24, 2.45) is 0 Å². The molecule has 9 heteroatoms. The molecule has 166 valence electrons. The van der Waals surface area contributed by atoms with Crippen molar-refractivity contribution in [1.82, 2.24) is 19.7 Å². The molecule has 0 aliphatic rings. The molecule has 5 rings (SSSR count). The predicted octanol–water partition coefficient (Wildman–Crippen LogP) is 5.80. The summed E-state index contributed by atoms with van der Waals surface area (Å²) in [5.41, 5.74) is 2.23. The lowest BCUT2D eigenvalue weighted by Gasteiger charge is -2.10. The standard InChI is InChI=1S/C24H18F3N5O/c1-33-18-7-4-15(5-8-18)14-32-20-3-2-11-28-21(20)23(31-32)30-17-6-9-19-16(13-17)10-12-29-22(19)24(25,26)27/h2-13H,14H2,1H3,(H,30,31). The maximum atomic E-state index is 13.3. The third-order valence-corrected chi connectivity index (χ3v) is 5.30.